The number of hydrogen-bond donors (Lipinski definition) is 3. The molecular weight excluding hydrogens is 414 g/mol. The van der Waals surface area contributed by atoms with Crippen molar-refractivity contribution in [1.82, 2.24) is 5.32 Å². The molecular formula is C24H22ClN3O3. The monoisotopic (exact) mass is 435 g/mol. The Morgan fingerprint density at radius 1 is 0.935 bits per heavy atom. The first-order valence-electron chi connectivity index (χ1n) is 9.98. The zero-order chi connectivity index (χ0) is 21.6. The maximum Gasteiger partial charge on any atom is 0.323 e. The van der Waals surface area contributed by atoms with Gasteiger partial charge < -0.3 is 20.7 Å². The van der Waals surface area contributed by atoms with Crippen molar-refractivity contribution >= 4 is 34.9 Å². The summed E-state index contributed by atoms with van der Waals surface area (Å²) in [5.74, 6) is 0.318. The van der Waals surface area contributed by atoms with E-state index >= 15 is 0 Å². The van der Waals surface area contributed by atoms with E-state index in [0.29, 0.717) is 36.0 Å². The first kappa shape index (κ1) is 20.8. The van der Waals surface area contributed by atoms with E-state index < -0.39 is 0 Å². The summed E-state index contributed by atoms with van der Waals surface area (Å²) in [6.07, 6.45) is 0.527. The summed E-state index contributed by atoms with van der Waals surface area (Å²) < 4.78 is 5.77. The van der Waals surface area contributed by atoms with Crippen LogP contribution in [0, 0.1) is 5.92 Å². The van der Waals surface area contributed by atoms with Gasteiger partial charge in [-0.05, 0) is 53.9 Å². The summed E-state index contributed by atoms with van der Waals surface area (Å²) in [6, 6.07) is 21.7. The summed E-state index contributed by atoms with van der Waals surface area (Å²) in [5, 5.41) is 9.15. The third-order valence-corrected chi connectivity index (χ3v) is 5.41. The van der Waals surface area contributed by atoms with Gasteiger partial charge in [-0.15, -0.1) is 0 Å². The summed E-state index contributed by atoms with van der Waals surface area (Å²) in [5.41, 5.74) is 3.08. The van der Waals surface area contributed by atoms with Crippen molar-refractivity contribution in [2.24, 2.45) is 5.92 Å². The number of amides is 3. The largest absolute Gasteiger partial charge is 0.492 e. The quantitative estimate of drug-likeness (QED) is 0.536. The molecule has 0 bridgehead atoms. The Labute approximate surface area is 185 Å². The first-order valence-corrected chi connectivity index (χ1v) is 10.4. The van der Waals surface area contributed by atoms with Crippen LogP contribution in [0.4, 0.5) is 16.2 Å². The highest BCUT2D eigenvalue weighted by atomic mass is 35.5. The number of ether oxygens (including phenoxy) is 1. The minimum Gasteiger partial charge on any atom is -0.492 e. The minimum atomic E-state index is -0.336. The fourth-order valence-corrected chi connectivity index (χ4v) is 3.63. The van der Waals surface area contributed by atoms with Crippen LogP contribution in [-0.2, 0) is 17.8 Å². The molecule has 0 saturated heterocycles. The van der Waals surface area contributed by atoms with Crippen LogP contribution in [0.2, 0.25) is 5.02 Å². The van der Waals surface area contributed by atoms with Crippen molar-refractivity contribution in [1.29, 1.82) is 0 Å². The Bertz CT molecular complexity index is 1090. The predicted molar refractivity (Wildman–Crippen MR) is 122 cm³/mol. The van der Waals surface area contributed by atoms with E-state index in [9.17, 15) is 9.59 Å². The number of fused-ring (bicyclic) bond motifs is 1. The van der Waals surface area contributed by atoms with Gasteiger partial charge in [0.05, 0.1) is 5.92 Å². The second kappa shape index (κ2) is 9.53. The average molecular weight is 436 g/mol. The van der Waals surface area contributed by atoms with Gasteiger partial charge in [-0.25, -0.2) is 4.79 Å². The van der Waals surface area contributed by atoms with Crippen molar-refractivity contribution in [3.05, 3.63) is 88.9 Å². The molecule has 1 atom stereocenters. The van der Waals surface area contributed by atoms with Crippen molar-refractivity contribution in [3.63, 3.8) is 0 Å². The number of carbonyl (C=O) groups is 2. The molecule has 1 heterocycles. The van der Waals surface area contributed by atoms with Gasteiger partial charge in [0.2, 0.25) is 5.91 Å². The lowest BCUT2D eigenvalue weighted by molar-refractivity contribution is -0.126. The minimum absolute atomic E-state index is 0.0919. The highest BCUT2D eigenvalue weighted by Crippen LogP contribution is 2.30. The molecule has 3 aromatic carbocycles. The molecule has 1 aliphatic heterocycles. The first-order chi connectivity index (χ1) is 15.1. The Morgan fingerprint density at radius 3 is 2.48 bits per heavy atom. The molecule has 0 saturated carbocycles. The molecule has 7 heteroatoms. The van der Waals surface area contributed by atoms with Crippen LogP contribution in [0.3, 0.4) is 0 Å². The number of benzene rings is 3. The lowest BCUT2D eigenvalue weighted by atomic mass is 9.95. The summed E-state index contributed by atoms with van der Waals surface area (Å²) in [4.78, 5) is 24.9. The zero-order valence-corrected chi connectivity index (χ0v) is 17.5. The molecule has 3 N–H and O–H groups in total. The van der Waals surface area contributed by atoms with Gasteiger partial charge >= 0.3 is 6.03 Å². The van der Waals surface area contributed by atoms with Crippen molar-refractivity contribution in [2.45, 2.75) is 13.0 Å². The number of nitrogens with one attached hydrogen (secondary N) is 3. The number of carbonyl (C=O) groups excluding carboxylic acids is 2. The zero-order valence-electron chi connectivity index (χ0n) is 16.7. The SMILES string of the molecule is O=C(Nc1ccccc1)Nc1ccc2c(c1)C[C@H](C(=O)NCc1ccccc1Cl)CO2. The highest BCUT2D eigenvalue weighted by molar-refractivity contribution is 6.31. The number of rotatable bonds is 5. The molecule has 158 valence electrons. The van der Waals surface area contributed by atoms with Crippen LogP contribution < -0.4 is 20.7 Å². The Hall–Kier alpha value is -3.51. The molecule has 0 aromatic heterocycles. The van der Waals surface area contributed by atoms with E-state index in [4.69, 9.17) is 16.3 Å². The smallest absolute Gasteiger partial charge is 0.323 e. The second-order valence-electron chi connectivity index (χ2n) is 7.29. The van der Waals surface area contributed by atoms with Crippen LogP contribution >= 0.6 is 11.6 Å². The predicted octanol–water partition coefficient (Wildman–Crippen LogP) is 4.85. The lowest BCUT2D eigenvalue weighted by Gasteiger charge is -2.25. The van der Waals surface area contributed by atoms with E-state index in [0.717, 1.165) is 16.9 Å². The van der Waals surface area contributed by atoms with E-state index in [1.54, 1.807) is 12.1 Å². The molecule has 0 unspecified atom stereocenters. The second-order valence-corrected chi connectivity index (χ2v) is 7.70. The highest BCUT2D eigenvalue weighted by Gasteiger charge is 2.26. The molecule has 0 radical (unpaired) electrons. The topological polar surface area (TPSA) is 79.5 Å². The van der Waals surface area contributed by atoms with Gasteiger partial charge in [0.1, 0.15) is 12.4 Å². The van der Waals surface area contributed by atoms with Crippen LogP contribution in [0.25, 0.3) is 0 Å². The molecule has 1 aliphatic rings. The Kier molecular flexibility index (Phi) is 6.38. The average Bonchev–Trinajstić information content (AvgIpc) is 2.78. The van der Waals surface area contributed by atoms with Crippen LogP contribution in [0.15, 0.2) is 72.8 Å². The third-order valence-electron chi connectivity index (χ3n) is 5.04. The van der Waals surface area contributed by atoms with Crippen LogP contribution in [-0.4, -0.2) is 18.5 Å². The molecule has 3 amide bonds. The van der Waals surface area contributed by atoms with Crippen molar-refractivity contribution < 1.29 is 14.3 Å². The third kappa shape index (κ3) is 5.35. The van der Waals surface area contributed by atoms with Gasteiger partial charge in [-0.1, -0.05) is 48.0 Å². The van der Waals surface area contributed by atoms with Gasteiger partial charge in [0.15, 0.2) is 0 Å². The number of hydrogen-bond acceptors (Lipinski definition) is 3. The number of anilines is 2. The molecule has 4 rings (SSSR count). The molecule has 0 fully saturated rings. The normalized spacial score (nSPS) is 14.7. The van der Waals surface area contributed by atoms with Crippen LogP contribution in [0.1, 0.15) is 11.1 Å². The van der Waals surface area contributed by atoms with Gasteiger partial charge in [-0.3, -0.25) is 4.79 Å². The fraction of sp³-hybridized carbons (Fsp3) is 0.167. The van der Waals surface area contributed by atoms with E-state index in [-0.39, 0.29) is 17.9 Å². The number of para-hydroxylation sites is 1. The van der Waals surface area contributed by atoms with Crippen LogP contribution in [0.5, 0.6) is 5.75 Å². The summed E-state index contributed by atoms with van der Waals surface area (Å²) in [7, 11) is 0. The van der Waals surface area contributed by atoms with Crippen molar-refractivity contribution in [2.75, 3.05) is 17.2 Å². The van der Waals surface area contributed by atoms with Crippen molar-refractivity contribution in [3.8, 4) is 5.75 Å². The van der Waals surface area contributed by atoms with E-state index in [2.05, 4.69) is 16.0 Å². The standard InChI is InChI=1S/C24H22ClN3O3/c25-21-9-5-4-6-16(21)14-26-23(29)18-12-17-13-20(10-11-22(17)31-15-18)28-24(30)27-19-7-2-1-3-8-19/h1-11,13,18H,12,14-15H2,(H,26,29)(H2,27,28,30)/t18-/m0/s1. The molecule has 3 aromatic rings. The van der Waals surface area contributed by atoms with Gasteiger partial charge in [0, 0.05) is 22.9 Å². The maximum atomic E-state index is 12.6. The summed E-state index contributed by atoms with van der Waals surface area (Å²) in [6.45, 7) is 0.672. The Balaban J connectivity index is 1.36. The maximum absolute atomic E-state index is 12.6. The molecule has 0 aliphatic carbocycles. The van der Waals surface area contributed by atoms with Gasteiger partial charge in [0.25, 0.3) is 0 Å². The van der Waals surface area contributed by atoms with E-state index in [1.807, 2.05) is 60.7 Å². The molecule has 31 heavy (non-hydrogen) atoms. The van der Waals surface area contributed by atoms with E-state index in [1.165, 1.54) is 0 Å². The van der Waals surface area contributed by atoms with Gasteiger partial charge in [-0.2, -0.15) is 0 Å². The number of urea groups is 1. The Morgan fingerprint density at radius 2 is 1.68 bits per heavy atom. The number of halogens is 1. The molecule has 0 spiro atoms. The summed E-state index contributed by atoms with van der Waals surface area (Å²) >= 11 is 6.15. The fourth-order valence-electron chi connectivity index (χ4n) is 3.42. The molecule has 6 nitrogen and oxygen atoms in total. The lowest BCUT2D eigenvalue weighted by Crippen LogP contribution is -2.37.